The third-order valence-corrected chi connectivity index (χ3v) is 13.7. The van der Waals surface area contributed by atoms with E-state index in [1.165, 1.54) is 118 Å². The van der Waals surface area contributed by atoms with E-state index >= 15 is 0 Å². The molecule has 10 aromatic carbocycles. The second-order valence-corrected chi connectivity index (χ2v) is 18.3. The number of aryl methyl sites for hydroxylation is 4. The van der Waals surface area contributed by atoms with Gasteiger partial charge in [-0.05, 0) is 128 Å². The Bertz CT molecular complexity index is 3210. The Hall–Kier alpha value is -7.54. The lowest BCUT2D eigenvalue weighted by Crippen LogP contribution is -2.28. The van der Waals surface area contributed by atoms with Crippen molar-refractivity contribution < 1.29 is 0 Å². The smallest absolute Gasteiger partial charge is 0.0651 e. The molecule has 0 heteroatoms. The molecule has 0 aromatic heterocycles. The summed E-state index contributed by atoms with van der Waals surface area (Å²) in [6, 6.07) is 86.1. The van der Waals surface area contributed by atoms with Crippen LogP contribution < -0.4 is 0 Å². The highest BCUT2D eigenvalue weighted by Crippen LogP contribution is 2.56. The van der Waals surface area contributed by atoms with Crippen LogP contribution in [0.2, 0.25) is 0 Å². The van der Waals surface area contributed by atoms with Gasteiger partial charge in [-0.15, -0.1) is 0 Å². The lowest BCUT2D eigenvalue weighted by atomic mass is 9.67. The summed E-state index contributed by atoms with van der Waals surface area (Å²) in [5.41, 5.74) is 22.5. The van der Waals surface area contributed by atoms with Crippen molar-refractivity contribution in [2.75, 3.05) is 0 Å². The van der Waals surface area contributed by atoms with Crippen molar-refractivity contribution in [3.8, 4) is 44.5 Å². The molecule has 0 heterocycles. The zero-order valence-corrected chi connectivity index (χ0v) is 40.3. The lowest BCUT2D eigenvalue weighted by molar-refractivity contribution is 0.767. The van der Waals surface area contributed by atoms with Crippen LogP contribution >= 0.6 is 0 Å². The van der Waals surface area contributed by atoms with Gasteiger partial charge in [-0.1, -0.05) is 274 Å². The van der Waals surface area contributed by atoms with E-state index in [-0.39, 0.29) is 5.41 Å². The SMILES string of the molecule is CCCc1c(-c2ccc(-c3ccc(C)cc3)cc2)cccc1-c1ccccc1C.CCCc1ccc2ccccc2c1.Cc1ccc2c(c1)C(c1ccccc1)(c1ccccc1)c1ccccc1-2. The minimum Gasteiger partial charge on any atom is -0.0651 e. The average molecular weight is 879 g/mol. The van der Waals surface area contributed by atoms with Crippen LogP contribution in [-0.2, 0) is 18.3 Å². The first kappa shape index (κ1) is 45.6. The molecule has 0 nitrogen and oxygen atoms in total. The standard InChI is InChI=1S/C29H28.C26H20.C13H14/c1-4-8-28-27(11-7-12-29(28)26-10-6-5-9-22(26)3)25-19-17-24(18-20-25)23-15-13-21(2)14-16-23;1-19-16-17-23-22-14-8-9-15-24(22)26(25(23)18-19,20-10-4-2-5-11-20)21-12-6-3-7-13-21;1-2-5-11-8-9-12-6-3-4-7-13(12)10-11/h5-7,9-20H,4,8H2,1-3H3;2-18H,1H3;3-4,6-10H,2,5H2,1H3. The van der Waals surface area contributed by atoms with Crippen LogP contribution in [0.25, 0.3) is 55.3 Å². The quantitative estimate of drug-likeness (QED) is 0.136. The van der Waals surface area contributed by atoms with Gasteiger partial charge in [0.15, 0.2) is 0 Å². The van der Waals surface area contributed by atoms with Crippen LogP contribution in [0.5, 0.6) is 0 Å². The maximum absolute atomic E-state index is 2.37. The Morgan fingerprint density at radius 2 is 0.838 bits per heavy atom. The van der Waals surface area contributed by atoms with Gasteiger partial charge in [0.1, 0.15) is 0 Å². The maximum Gasteiger partial charge on any atom is 0.0713 e. The highest BCUT2D eigenvalue weighted by molar-refractivity contribution is 5.87. The van der Waals surface area contributed by atoms with E-state index in [0.717, 1.165) is 12.8 Å². The van der Waals surface area contributed by atoms with Crippen molar-refractivity contribution in [2.24, 2.45) is 0 Å². The van der Waals surface area contributed by atoms with Crippen molar-refractivity contribution in [3.63, 3.8) is 0 Å². The van der Waals surface area contributed by atoms with Gasteiger partial charge in [0.25, 0.3) is 0 Å². The molecule has 10 aromatic rings. The van der Waals surface area contributed by atoms with Crippen LogP contribution in [0.1, 0.15) is 76.8 Å². The van der Waals surface area contributed by atoms with Gasteiger partial charge in [-0.2, -0.15) is 0 Å². The van der Waals surface area contributed by atoms with E-state index in [1.54, 1.807) is 0 Å². The molecule has 0 aliphatic heterocycles. The molecule has 1 aliphatic rings. The minimum atomic E-state index is -0.263. The van der Waals surface area contributed by atoms with Crippen molar-refractivity contribution >= 4 is 10.8 Å². The van der Waals surface area contributed by atoms with Crippen LogP contribution in [0.15, 0.2) is 237 Å². The van der Waals surface area contributed by atoms with E-state index in [1.807, 2.05) is 0 Å². The van der Waals surface area contributed by atoms with Gasteiger partial charge in [-0.3, -0.25) is 0 Å². The fourth-order valence-electron chi connectivity index (χ4n) is 10.3. The number of rotatable bonds is 9. The summed E-state index contributed by atoms with van der Waals surface area (Å²) in [7, 11) is 0. The normalized spacial score (nSPS) is 12.0. The van der Waals surface area contributed by atoms with Crippen molar-refractivity contribution in [1.82, 2.24) is 0 Å². The van der Waals surface area contributed by atoms with Crippen molar-refractivity contribution in [3.05, 3.63) is 287 Å². The number of hydrogen-bond donors (Lipinski definition) is 0. The fraction of sp³-hybridized carbons (Fsp3) is 0.147. The van der Waals surface area contributed by atoms with Gasteiger partial charge < -0.3 is 0 Å². The zero-order chi connectivity index (χ0) is 46.9. The molecule has 0 spiro atoms. The molecule has 1 aliphatic carbocycles. The summed E-state index contributed by atoms with van der Waals surface area (Å²) in [6.45, 7) is 11.0. The first-order chi connectivity index (χ1) is 33.4. The molecular formula is C68H62. The molecule has 68 heavy (non-hydrogen) atoms. The molecule has 0 N–H and O–H groups in total. The van der Waals surface area contributed by atoms with Crippen LogP contribution in [0.3, 0.4) is 0 Å². The molecule has 334 valence electrons. The molecule has 0 amide bonds. The Balaban J connectivity index is 0.000000136. The molecule has 0 radical (unpaired) electrons. The van der Waals surface area contributed by atoms with E-state index < -0.39 is 0 Å². The highest BCUT2D eigenvalue weighted by atomic mass is 14.5. The fourth-order valence-corrected chi connectivity index (χ4v) is 10.3. The number of benzene rings is 10. The average Bonchev–Trinajstić information content (AvgIpc) is 3.68. The summed E-state index contributed by atoms with van der Waals surface area (Å²) in [5, 5.41) is 2.69. The molecular weight excluding hydrogens is 817 g/mol. The third kappa shape index (κ3) is 9.38. The van der Waals surface area contributed by atoms with Crippen LogP contribution in [-0.4, -0.2) is 0 Å². The van der Waals surface area contributed by atoms with Gasteiger partial charge in [-0.25, -0.2) is 0 Å². The van der Waals surface area contributed by atoms with Crippen LogP contribution in [0.4, 0.5) is 0 Å². The van der Waals surface area contributed by atoms with Crippen molar-refractivity contribution in [2.45, 2.75) is 65.7 Å². The predicted octanol–water partition coefficient (Wildman–Crippen LogP) is 18.4. The second kappa shape index (κ2) is 21.0. The van der Waals surface area contributed by atoms with E-state index in [9.17, 15) is 0 Å². The van der Waals surface area contributed by atoms with E-state index in [2.05, 4.69) is 271 Å². The number of hydrogen-bond acceptors (Lipinski definition) is 0. The van der Waals surface area contributed by atoms with E-state index in [0.29, 0.717) is 0 Å². The molecule has 0 unspecified atom stereocenters. The summed E-state index contributed by atoms with van der Waals surface area (Å²) < 4.78 is 0. The van der Waals surface area contributed by atoms with Gasteiger partial charge >= 0.3 is 0 Å². The molecule has 0 atom stereocenters. The summed E-state index contributed by atoms with van der Waals surface area (Å²) in [6.07, 6.45) is 4.63. The summed E-state index contributed by atoms with van der Waals surface area (Å²) >= 11 is 0. The van der Waals surface area contributed by atoms with E-state index in [4.69, 9.17) is 0 Å². The van der Waals surface area contributed by atoms with Crippen molar-refractivity contribution in [1.29, 1.82) is 0 Å². The summed E-state index contributed by atoms with van der Waals surface area (Å²) in [5.74, 6) is 0. The van der Waals surface area contributed by atoms with Gasteiger partial charge in [0, 0.05) is 0 Å². The maximum atomic E-state index is 2.37. The Morgan fingerprint density at radius 3 is 1.50 bits per heavy atom. The second-order valence-electron chi connectivity index (χ2n) is 18.3. The Labute approximate surface area is 405 Å². The van der Waals surface area contributed by atoms with Gasteiger partial charge in [0.2, 0.25) is 0 Å². The predicted molar refractivity (Wildman–Crippen MR) is 293 cm³/mol. The molecule has 0 saturated heterocycles. The Morgan fingerprint density at radius 1 is 0.324 bits per heavy atom. The van der Waals surface area contributed by atoms with Gasteiger partial charge in [0.05, 0.1) is 5.41 Å². The molecule has 0 fully saturated rings. The monoisotopic (exact) mass is 878 g/mol. The topological polar surface area (TPSA) is 0 Å². The lowest BCUT2D eigenvalue weighted by Gasteiger charge is -2.34. The zero-order valence-electron chi connectivity index (χ0n) is 40.3. The first-order valence-corrected chi connectivity index (χ1v) is 24.5. The largest absolute Gasteiger partial charge is 0.0713 e. The highest BCUT2D eigenvalue weighted by Gasteiger charge is 2.45. The third-order valence-electron chi connectivity index (χ3n) is 13.7. The molecule has 0 saturated carbocycles. The van der Waals surface area contributed by atoms with Crippen LogP contribution in [0, 0.1) is 20.8 Å². The molecule has 0 bridgehead atoms. The number of fused-ring (bicyclic) bond motifs is 4. The first-order valence-electron chi connectivity index (χ1n) is 24.5. The summed E-state index contributed by atoms with van der Waals surface area (Å²) in [4.78, 5) is 0. The molecule has 11 rings (SSSR count). The Kier molecular flexibility index (Phi) is 14.1. The minimum absolute atomic E-state index is 0.263.